The largest absolute Gasteiger partial charge is 0.494 e. The van der Waals surface area contributed by atoms with E-state index in [1.807, 2.05) is 12.1 Å². The summed E-state index contributed by atoms with van der Waals surface area (Å²) in [5.41, 5.74) is 2.02. The van der Waals surface area contributed by atoms with Crippen LogP contribution in [0.3, 0.4) is 0 Å². The van der Waals surface area contributed by atoms with Crippen LogP contribution in [-0.4, -0.2) is 41.2 Å². The summed E-state index contributed by atoms with van der Waals surface area (Å²) in [6.07, 6.45) is 4.01. The lowest BCUT2D eigenvalue weighted by Crippen LogP contribution is -2.32. The molecule has 0 aliphatic carbocycles. The van der Waals surface area contributed by atoms with E-state index in [2.05, 4.69) is 20.5 Å². The molecule has 1 aromatic carbocycles. The standard InChI is InChI=1S/C16H22ClN3O/c1-21-14-7-5-6-13-16(14)18-15(12-17)20(13)11-10-19-8-3-2-4-9-19/h5-7H,2-4,8-12H2,1H3. The minimum atomic E-state index is 0.428. The number of aromatic nitrogens is 2. The number of para-hydroxylation sites is 1. The first-order valence-corrected chi connectivity index (χ1v) is 8.17. The molecule has 114 valence electrons. The van der Waals surface area contributed by atoms with Crippen molar-refractivity contribution in [3.8, 4) is 5.75 Å². The van der Waals surface area contributed by atoms with Crippen LogP contribution < -0.4 is 4.74 Å². The van der Waals surface area contributed by atoms with Crippen molar-refractivity contribution in [1.29, 1.82) is 0 Å². The third-order valence-corrected chi connectivity index (χ3v) is 4.49. The summed E-state index contributed by atoms with van der Waals surface area (Å²) in [5, 5.41) is 0. The first-order chi connectivity index (χ1) is 10.3. The number of nitrogens with zero attached hydrogens (tertiary/aromatic N) is 3. The summed E-state index contributed by atoms with van der Waals surface area (Å²) in [7, 11) is 1.68. The van der Waals surface area contributed by atoms with Crippen LogP contribution in [0.5, 0.6) is 5.75 Å². The summed E-state index contributed by atoms with van der Waals surface area (Å²) in [5.74, 6) is 2.17. The minimum Gasteiger partial charge on any atom is -0.494 e. The van der Waals surface area contributed by atoms with Gasteiger partial charge < -0.3 is 14.2 Å². The van der Waals surface area contributed by atoms with E-state index in [4.69, 9.17) is 16.3 Å². The summed E-state index contributed by atoms with van der Waals surface area (Å²) in [6, 6.07) is 6.05. The summed E-state index contributed by atoms with van der Waals surface area (Å²) >= 11 is 6.08. The zero-order valence-electron chi connectivity index (χ0n) is 12.5. The maximum Gasteiger partial charge on any atom is 0.146 e. The Kier molecular flexibility index (Phi) is 4.66. The maximum atomic E-state index is 6.08. The molecule has 0 unspecified atom stereocenters. The molecule has 0 radical (unpaired) electrons. The third kappa shape index (κ3) is 3.01. The molecule has 0 bridgehead atoms. The number of imidazole rings is 1. The molecule has 0 spiro atoms. The van der Waals surface area contributed by atoms with Crippen LogP contribution in [0.25, 0.3) is 11.0 Å². The quantitative estimate of drug-likeness (QED) is 0.794. The molecule has 3 rings (SSSR count). The number of hydrogen-bond donors (Lipinski definition) is 0. The summed E-state index contributed by atoms with van der Waals surface area (Å²) in [4.78, 5) is 7.19. The van der Waals surface area contributed by atoms with Gasteiger partial charge in [-0.3, -0.25) is 0 Å². The molecule has 4 nitrogen and oxygen atoms in total. The molecule has 1 saturated heterocycles. The average molecular weight is 308 g/mol. The van der Waals surface area contributed by atoms with Gasteiger partial charge in [-0.25, -0.2) is 4.98 Å². The van der Waals surface area contributed by atoms with Crippen LogP contribution in [0.4, 0.5) is 0 Å². The zero-order valence-corrected chi connectivity index (χ0v) is 13.3. The van der Waals surface area contributed by atoms with Crippen LogP contribution in [-0.2, 0) is 12.4 Å². The van der Waals surface area contributed by atoms with Gasteiger partial charge in [-0.2, -0.15) is 0 Å². The van der Waals surface area contributed by atoms with Crippen molar-refractivity contribution in [2.75, 3.05) is 26.7 Å². The van der Waals surface area contributed by atoms with Crippen molar-refractivity contribution in [3.63, 3.8) is 0 Å². The number of alkyl halides is 1. The molecule has 1 aliphatic rings. The Hall–Kier alpha value is -1.26. The van der Waals surface area contributed by atoms with Gasteiger partial charge >= 0.3 is 0 Å². The third-order valence-electron chi connectivity index (χ3n) is 4.25. The predicted molar refractivity (Wildman–Crippen MR) is 86.1 cm³/mol. The molecule has 1 aliphatic heterocycles. The lowest BCUT2D eigenvalue weighted by molar-refractivity contribution is 0.221. The van der Waals surface area contributed by atoms with Crippen LogP contribution >= 0.6 is 11.6 Å². The number of methoxy groups -OCH3 is 1. The molecule has 2 aromatic rings. The van der Waals surface area contributed by atoms with E-state index >= 15 is 0 Å². The number of hydrogen-bond acceptors (Lipinski definition) is 3. The Morgan fingerprint density at radius 2 is 2.00 bits per heavy atom. The van der Waals surface area contributed by atoms with Crippen LogP contribution in [0.1, 0.15) is 25.1 Å². The lowest BCUT2D eigenvalue weighted by Gasteiger charge is -2.26. The van der Waals surface area contributed by atoms with E-state index in [9.17, 15) is 0 Å². The van der Waals surface area contributed by atoms with Crippen molar-refractivity contribution in [2.45, 2.75) is 31.7 Å². The average Bonchev–Trinajstić information content (AvgIpc) is 2.91. The van der Waals surface area contributed by atoms with Crippen molar-refractivity contribution in [2.24, 2.45) is 0 Å². The van der Waals surface area contributed by atoms with Gasteiger partial charge in [-0.05, 0) is 38.1 Å². The van der Waals surface area contributed by atoms with E-state index in [0.29, 0.717) is 5.88 Å². The molecular formula is C16H22ClN3O. The molecule has 0 N–H and O–H groups in total. The highest BCUT2D eigenvalue weighted by Gasteiger charge is 2.15. The van der Waals surface area contributed by atoms with E-state index < -0.39 is 0 Å². The number of rotatable bonds is 5. The van der Waals surface area contributed by atoms with Gasteiger partial charge in [0.05, 0.1) is 18.5 Å². The van der Waals surface area contributed by atoms with E-state index in [0.717, 1.165) is 35.7 Å². The fourth-order valence-corrected chi connectivity index (χ4v) is 3.31. The highest BCUT2D eigenvalue weighted by atomic mass is 35.5. The first kappa shape index (κ1) is 14.7. The number of likely N-dealkylation sites (tertiary alicyclic amines) is 1. The summed E-state index contributed by atoms with van der Waals surface area (Å²) < 4.78 is 7.64. The molecular weight excluding hydrogens is 286 g/mol. The molecule has 0 amide bonds. The number of benzene rings is 1. The molecule has 1 aromatic heterocycles. The highest BCUT2D eigenvalue weighted by Crippen LogP contribution is 2.26. The van der Waals surface area contributed by atoms with Gasteiger partial charge in [0.25, 0.3) is 0 Å². The second kappa shape index (κ2) is 6.67. The molecule has 0 saturated carbocycles. The van der Waals surface area contributed by atoms with Gasteiger partial charge in [-0.15, -0.1) is 11.6 Å². The number of fused-ring (bicyclic) bond motifs is 1. The Labute approximate surface area is 130 Å². The Bertz CT molecular complexity index is 605. The number of halogens is 1. The lowest BCUT2D eigenvalue weighted by atomic mass is 10.1. The summed E-state index contributed by atoms with van der Waals surface area (Å²) in [6.45, 7) is 4.43. The van der Waals surface area contributed by atoms with Crippen LogP contribution in [0.15, 0.2) is 18.2 Å². The SMILES string of the molecule is COc1cccc2c1nc(CCl)n2CCN1CCCCC1. The Morgan fingerprint density at radius 3 is 2.71 bits per heavy atom. The second-order valence-electron chi connectivity index (χ2n) is 5.54. The molecule has 2 heterocycles. The van der Waals surface area contributed by atoms with Crippen LogP contribution in [0, 0.1) is 0 Å². The minimum absolute atomic E-state index is 0.428. The first-order valence-electron chi connectivity index (χ1n) is 7.64. The van der Waals surface area contributed by atoms with Gasteiger partial charge in [0, 0.05) is 13.1 Å². The molecule has 5 heteroatoms. The Balaban J connectivity index is 1.85. The second-order valence-corrected chi connectivity index (χ2v) is 5.81. The van der Waals surface area contributed by atoms with Crippen molar-refractivity contribution >= 4 is 22.6 Å². The number of ether oxygens (including phenoxy) is 1. The maximum absolute atomic E-state index is 6.08. The molecule has 21 heavy (non-hydrogen) atoms. The molecule has 1 fully saturated rings. The van der Waals surface area contributed by atoms with E-state index in [1.165, 1.54) is 32.4 Å². The van der Waals surface area contributed by atoms with E-state index in [-0.39, 0.29) is 0 Å². The van der Waals surface area contributed by atoms with Crippen molar-refractivity contribution in [3.05, 3.63) is 24.0 Å². The van der Waals surface area contributed by atoms with Crippen molar-refractivity contribution < 1.29 is 4.74 Å². The highest BCUT2D eigenvalue weighted by molar-refractivity contribution is 6.16. The van der Waals surface area contributed by atoms with E-state index in [1.54, 1.807) is 7.11 Å². The fraction of sp³-hybridized carbons (Fsp3) is 0.562. The van der Waals surface area contributed by atoms with Crippen LogP contribution in [0.2, 0.25) is 0 Å². The predicted octanol–water partition coefficient (Wildman–Crippen LogP) is 3.27. The molecule has 0 atom stereocenters. The fourth-order valence-electron chi connectivity index (χ4n) is 3.11. The smallest absolute Gasteiger partial charge is 0.146 e. The topological polar surface area (TPSA) is 30.3 Å². The van der Waals surface area contributed by atoms with Gasteiger partial charge in [-0.1, -0.05) is 12.5 Å². The monoisotopic (exact) mass is 307 g/mol. The van der Waals surface area contributed by atoms with Gasteiger partial charge in [0.2, 0.25) is 0 Å². The van der Waals surface area contributed by atoms with Crippen molar-refractivity contribution in [1.82, 2.24) is 14.5 Å². The Morgan fingerprint density at radius 1 is 1.19 bits per heavy atom. The number of piperidine rings is 1. The normalized spacial score (nSPS) is 16.5. The van der Waals surface area contributed by atoms with Gasteiger partial charge in [0.15, 0.2) is 0 Å². The van der Waals surface area contributed by atoms with Gasteiger partial charge in [0.1, 0.15) is 17.1 Å². The zero-order chi connectivity index (χ0) is 14.7.